The van der Waals surface area contributed by atoms with Gasteiger partial charge in [-0.05, 0) is 53.6 Å². The number of carbonyl (C=O) groups excluding carboxylic acids is 2. The van der Waals surface area contributed by atoms with Crippen molar-refractivity contribution in [3.05, 3.63) is 148 Å². The predicted octanol–water partition coefficient (Wildman–Crippen LogP) is 4.44. The number of aliphatic hydroxyl groups excluding tert-OH is 1. The Morgan fingerprint density at radius 3 is 2.27 bits per heavy atom. The molecule has 1 N–H and O–H groups in total. The molecule has 6 rings (SSSR count). The number of piperazine rings is 1. The maximum Gasteiger partial charge on any atom is 0.294 e. The molecule has 0 spiro atoms. The van der Waals surface area contributed by atoms with Crippen LogP contribution in [0.5, 0.6) is 0 Å². The number of benzene rings is 3. The first-order valence-electron chi connectivity index (χ1n) is 15.1. The highest BCUT2D eigenvalue weighted by Crippen LogP contribution is 2.22. The Hall–Kier alpha value is -6.05. The van der Waals surface area contributed by atoms with E-state index in [9.17, 15) is 37.1 Å². The van der Waals surface area contributed by atoms with Crippen LogP contribution in [0.3, 0.4) is 0 Å². The summed E-state index contributed by atoms with van der Waals surface area (Å²) < 4.78 is 59.5. The summed E-state index contributed by atoms with van der Waals surface area (Å²) in [5, 5.41) is 15.0. The lowest BCUT2D eigenvalue weighted by molar-refractivity contribution is -0.142. The molecule has 3 heterocycles. The number of nitrogens with zero attached hydrogens (tertiary/aromatic N) is 6. The van der Waals surface area contributed by atoms with E-state index in [0.717, 1.165) is 28.1 Å². The number of hydrogen-bond acceptors (Lipinski definition) is 7. The third-order valence-electron chi connectivity index (χ3n) is 8.12. The second-order valence-corrected chi connectivity index (χ2v) is 11.4. The van der Waals surface area contributed by atoms with Crippen molar-refractivity contribution in [2.45, 2.75) is 13.0 Å². The number of hydrogen-bond donors (Lipinski definition) is 1. The molecule has 0 bridgehead atoms. The highest BCUT2D eigenvalue weighted by Gasteiger charge is 2.26. The van der Waals surface area contributed by atoms with Gasteiger partial charge in [-0.2, -0.15) is 5.10 Å². The van der Waals surface area contributed by atoms with E-state index in [2.05, 4.69) is 10.1 Å². The highest BCUT2D eigenvalue weighted by atomic mass is 19.2. The molecule has 1 fully saturated rings. The lowest BCUT2D eigenvalue weighted by atomic mass is 10.0. The van der Waals surface area contributed by atoms with Crippen LogP contribution in [0, 0.1) is 23.3 Å². The maximum absolute atomic E-state index is 14.5. The molecule has 0 aliphatic carbocycles. The van der Waals surface area contributed by atoms with Gasteiger partial charge in [0, 0.05) is 62.2 Å². The van der Waals surface area contributed by atoms with Crippen molar-refractivity contribution in [2.24, 2.45) is 0 Å². The van der Waals surface area contributed by atoms with Gasteiger partial charge in [-0.3, -0.25) is 14.4 Å². The van der Waals surface area contributed by atoms with E-state index in [1.807, 2.05) is 29.2 Å². The van der Waals surface area contributed by atoms with Gasteiger partial charge in [0.25, 0.3) is 11.5 Å². The van der Waals surface area contributed by atoms with Crippen LogP contribution in [0.15, 0.2) is 96.5 Å². The standard InChI is InChI=1S/C35H28F4N6O4/c36-25-15-24(33(39)30(38)16-25)13-22-14-28(34(48)44(18-22)19-23-3-1-2-4-29(23)37)31(46)17-32(47)35(49)43-11-9-42(10-12-43)26-5-7-27(8-6-26)45-21-40-20-41-45/h1-8,14-18,20-21,46H,9-13,19H2. The second kappa shape index (κ2) is 14.0. The summed E-state index contributed by atoms with van der Waals surface area (Å²) in [5.41, 5.74) is 0.273. The molecule has 0 radical (unpaired) electrons. The first-order valence-corrected chi connectivity index (χ1v) is 15.1. The Balaban J connectivity index is 1.21. The van der Waals surface area contributed by atoms with Crippen molar-refractivity contribution in [2.75, 3.05) is 31.1 Å². The van der Waals surface area contributed by atoms with Gasteiger partial charge >= 0.3 is 0 Å². The van der Waals surface area contributed by atoms with Crippen LogP contribution in [-0.2, 0) is 22.6 Å². The van der Waals surface area contributed by atoms with E-state index < -0.39 is 58.3 Å². The Labute approximate surface area is 276 Å². The minimum Gasteiger partial charge on any atom is -0.507 e. The van der Waals surface area contributed by atoms with Crippen LogP contribution in [0.25, 0.3) is 11.4 Å². The number of pyridine rings is 1. The van der Waals surface area contributed by atoms with Crippen molar-refractivity contribution in [3.63, 3.8) is 0 Å². The summed E-state index contributed by atoms with van der Waals surface area (Å²) in [4.78, 5) is 46.8. The molecule has 14 heteroatoms. The number of aromatic nitrogens is 4. The molecule has 0 unspecified atom stereocenters. The summed E-state index contributed by atoms with van der Waals surface area (Å²) in [7, 11) is 0. The summed E-state index contributed by atoms with van der Waals surface area (Å²) >= 11 is 0. The minimum atomic E-state index is -1.41. The van der Waals surface area contributed by atoms with Crippen LogP contribution in [0.2, 0.25) is 0 Å². The third kappa shape index (κ3) is 7.27. The summed E-state index contributed by atoms with van der Waals surface area (Å²) in [6.07, 6.45) is 4.45. The number of aliphatic hydroxyl groups is 1. The van der Waals surface area contributed by atoms with Crippen molar-refractivity contribution < 1.29 is 32.3 Å². The second-order valence-electron chi connectivity index (χ2n) is 11.4. The molecule has 3 aromatic carbocycles. The zero-order chi connectivity index (χ0) is 34.7. The van der Waals surface area contributed by atoms with Crippen molar-refractivity contribution in [3.8, 4) is 5.69 Å². The zero-order valence-corrected chi connectivity index (χ0v) is 25.8. The molecule has 0 saturated carbocycles. The minimum absolute atomic E-state index is 0.107. The van der Waals surface area contributed by atoms with Crippen molar-refractivity contribution in [1.29, 1.82) is 0 Å². The lowest BCUT2D eigenvalue weighted by Gasteiger charge is -2.35. The smallest absolute Gasteiger partial charge is 0.294 e. The molecule has 2 aromatic heterocycles. The normalized spacial score (nSPS) is 13.5. The predicted molar refractivity (Wildman–Crippen MR) is 171 cm³/mol. The Morgan fingerprint density at radius 2 is 1.57 bits per heavy atom. The molecular formula is C35H28F4N6O4. The Kier molecular flexibility index (Phi) is 9.38. The van der Waals surface area contributed by atoms with Gasteiger partial charge in [0.1, 0.15) is 30.0 Å². The summed E-state index contributed by atoms with van der Waals surface area (Å²) in [6.45, 7) is 0.962. The topological polar surface area (TPSA) is 114 Å². The molecule has 250 valence electrons. The Morgan fingerprint density at radius 1 is 0.857 bits per heavy atom. The fraction of sp³-hybridized carbons (Fsp3) is 0.171. The first-order chi connectivity index (χ1) is 23.6. The van der Waals surface area contributed by atoms with Crippen molar-refractivity contribution in [1.82, 2.24) is 24.2 Å². The van der Waals surface area contributed by atoms with Gasteiger partial charge in [0.2, 0.25) is 5.78 Å². The SMILES string of the molecule is O=C(C=C(O)c1cc(Cc2cc(F)cc(F)c2F)cn(Cc2ccccc2F)c1=O)C(=O)N1CCN(c2ccc(-n3cncn3)cc2)CC1. The third-order valence-corrected chi connectivity index (χ3v) is 8.12. The van der Waals surface area contributed by atoms with E-state index in [1.165, 1.54) is 35.6 Å². The van der Waals surface area contributed by atoms with E-state index in [1.54, 1.807) is 17.1 Å². The number of anilines is 1. The quantitative estimate of drug-likeness (QED) is 0.0810. The number of rotatable bonds is 9. The fourth-order valence-corrected chi connectivity index (χ4v) is 5.61. The van der Waals surface area contributed by atoms with Gasteiger partial charge < -0.3 is 19.5 Å². The summed E-state index contributed by atoms with van der Waals surface area (Å²) in [5.74, 6) is -7.21. The molecule has 10 nitrogen and oxygen atoms in total. The number of amides is 1. The van der Waals surface area contributed by atoms with Crippen molar-refractivity contribution >= 4 is 23.1 Å². The monoisotopic (exact) mass is 672 g/mol. The van der Waals surface area contributed by atoms with E-state index in [4.69, 9.17) is 0 Å². The van der Waals surface area contributed by atoms with E-state index in [-0.39, 0.29) is 36.3 Å². The fourth-order valence-electron chi connectivity index (χ4n) is 5.61. The average Bonchev–Trinajstić information content (AvgIpc) is 3.64. The molecular weight excluding hydrogens is 644 g/mol. The highest BCUT2D eigenvalue weighted by molar-refractivity contribution is 6.41. The van der Waals surface area contributed by atoms with Gasteiger partial charge in [-0.15, -0.1) is 0 Å². The molecule has 0 atom stereocenters. The molecule has 1 saturated heterocycles. The summed E-state index contributed by atoms with van der Waals surface area (Å²) in [6, 6.07) is 15.5. The van der Waals surface area contributed by atoms with Crippen LogP contribution < -0.4 is 10.5 Å². The number of carbonyl (C=O) groups is 2. The maximum atomic E-state index is 14.5. The van der Waals surface area contributed by atoms with Crippen LogP contribution in [-0.4, -0.2) is 67.2 Å². The average molecular weight is 673 g/mol. The van der Waals surface area contributed by atoms with E-state index >= 15 is 0 Å². The van der Waals surface area contributed by atoms with Gasteiger partial charge in [0.15, 0.2) is 11.6 Å². The largest absolute Gasteiger partial charge is 0.507 e. The molecule has 1 aliphatic rings. The van der Waals surface area contributed by atoms with E-state index in [0.29, 0.717) is 25.2 Å². The number of ketones is 1. The van der Waals surface area contributed by atoms with Crippen LogP contribution in [0.4, 0.5) is 23.2 Å². The van der Waals surface area contributed by atoms with Gasteiger partial charge in [0.05, 0.1) is 17.8 Å². The van der Waals surface area contributed by atoms with Gasteiger partial charge in [-0.25, -0.2) is 27.2 Å². The van der Waals surface area contributed by atoms with Gasteiger partial charge in [-0.1, -0.05) is 18.2 Å². The molecule has 1 aliphatic heterocycles. The zero-order valence-electron chi connectivity index (χ0n) is 25.8. The molecule has 5 aromatic rings. The van der Waals surface area contributed by atoms with Crippen LogP contribution in [0.1, 0.15) is 22.3 Å². The first kappa shape index (κ1) is 32.9. The number of halogens is 4. The molecule has 49 heavy (non-hydrogen) atoms. The Bertz CT molecular complexity index is 2110. The molecule has 1 amide bonds. The lowest BCUT2D eigenvalue weighted by Crippen LogP contribution is -2.50. The van der Waals surface area contributed by atoms with Crippen LogP contribution >= 0.6 is 0 Å².